The van der Waals surface area contributed by atoms with Gasteiger partial charge in [0.2, 0.25) is 0 Å². The highest BCUT2D eigenvalue weighted by atomic mass is 16.6. The van der Waals surface area contributed by atoms with Gasteiger partial charge in [-0.3, -0.25) is 4.79 Å². The molecule has 27 heavy (non-hydrogen) atoms. The van der Waals surface area contributed by atoms with Gasteiger partial charge in [-0.2, -0.15) is 0 Å². The summed E-state index contributed by atoms with van der Waals surface area (Å²) in [6.07, 6.45) is 0. The topological polar surface area (TPSA) is 79.8 Å². The fourth-order valence-corrected chi connectivity index (χ4v) is 3.18. The third-order valence-electron chi connectivity index (χ3n) is 4.66. The van der Waals surface area contributed by atoms with Crippen molar-refractivity contribution in [2.24, 2.45) is 0 Å². The first-order chi connectivity index (χ1) is 13.1. The van der Waals surface area contributed by atoms with Crippen LogP contribution in [0.25, 0.3) is 0 Å². The van der Waals surface area contributed by atoms with E-state index in [1.807, 2.05) is 23.1 Å². The predicted molar refractivity (Wildman–Crippen MR) is 101 cm³/mol. The van der Waals surface area contributed by atoms with Crippen molar-refractivity contribution in [1.29, 1.82) is 0 Å². The van der Waals surface area contributed by atoms with Crippen LogP contribution >= 0.6 is 0 Å². The Kier molecular flexibility index (Phi) is 4.81. The largest absolute Gasteiger partial charge is 0.486 e. The molecule has 8 heteroatoms. The molecule has 0 saturated carbocycles. The van der Waals surface area contributed by atoms with E-state index in [9.17, 15) is 4.79 Å². The van der Waals surface area contributed by atoms with E-state index >= 15 is 0 Å². The highest BCUT2D eigenvalue weighted by Gasteiger charge is 2.22. The van der Waals surface area contributed by atoms with Crippen molar-refractivity contribution in [1.82, 2.24) is 19.8 Å². The van der Waals surface area contributed by atoms with E-state index in [0.29, 0.717) is 49.4 Å². The van der Waals surface area contributed by atoms with Crippen molar-refractivity contribution in [3.8, 4) is 11.5 Å². The molecule has 1 aromatic heterocycles. The van der Waals surface area contributed by atoms with Gasteiger partial charge in [0.15, 0.2) is 11.5 Å². The van der Waals surface area contributed by atoms with E-state index in [-0.39, 0.29) is 5.91 Å². The van der Waals surface area contributed by atoms with Gasteiger partial charge in [0.1, 0.15) is 30.5 Å². The smallest absolute Gasteiger partial charge is 0.272 e. The summed E-state index contributed by atoms with van der Waals surface area (Å²) >= 11 is 0. The number of carbonyl (C=O) groups excluding carboxylic acids is 1. The Labute approximate surface area is 158 Å². The number of benzene rings is 1. The molecule has 2 aliphatic rings. The molecule has 1 aromatic carbocycles. The lowest BCUT2D eigenvalue weighted by Crippen LogP contribution is -2.47. The van der Waals surface area contributed by atoms with Gasteiger partial charge in [-0.25, -0.2) is 9.97 Å². The molecule has 3 heterocycles. The number of likely N-dealkylation sites (N-methyl/N-ethyl adjacent to an activating group) is 1. The van der Waals surface area contributed by atoms with Crippen LogP contribution in [-0.4, -0.2) is 72.1 Å². The standard InChI is InChI=1S/C19H23N5O3/c1-13-20-15(19(25)24-7-5-23(2)6-8-24)12-18(21-13)22-14-3-4-16-17(11-14)27-10-9-26-16/h3-4,11-12H,5-10H2,1-2H3,(H,20,21,22). The molecule has 142 valence electrons. The second-order valence-electron chi connectivity index (χ2n) is 6.76. The molecule has 4 rings (SSSR count). The first-order valence-corrected chi connectivity index (χ1v) is 9.09. The van der Waals surface area contributed by atoms with Crippen molar-refractivity contribution in [2.75, 3.05) is 51.8 Å². The third-order valence-corrected chi connectivity index (χ3v) is 4.66. The Morgan fingerprint density at radius 3 is 2.56 bits per heavy atom. The minimum atomic E-state index is -0.0566. The van der Waals surface area contributed by atoms with Crippen LogP contribution in [0.4, 0.5) is 11.5 Å². The molecule has 1 saturated heterocycles. The van der Waals surface area contributed by atoms with Crippen LogP contribution in [0.5, 0.6) is 11.5 Å². The maximum atomic E-state index is 12.8. The summed E-state index contributed by atoms with van der Waals surface area (Å²) < 4.78 is 11.2. The Bertz CT molecular complexity index is 849. The molecule has 0 spiro atoms. The van der Waals surface area contributed by atoms with Crippen molar-refractivity contribution in [3.05, 3.63) is 35.8 Å². The second kappa shape index (κ2) is 7.40. The quantitative estimate of drug-likeness (QED) is 0.882. The number of aryl methyl sites for hydroxylation is 1. The molecule has 0 bridgehead atoms. The number of aromatic nitrogens is 2. The average molecular weight is 369 g/mol. The molecule has 1 N–H and O–H groups in total. The monoisotopic (exact) mass is 369 g/mol. The number of rotatable bonds is 3. The zero-order valence-electron chi connectivity index (χ0n) is 15.6. The maximum absolute atomic E-state index is 12.8. The SMILES string of the molecule is Cc1nc(Nc2ccc3c(c2)OCCO3)cc(C(=O)N2CCN(C)CC2)n1. The lowest BCUT2D eigenvalue weighted by Gasteiger charge is -2.32. The van der Waals surface area contributed by atoms with Crippen molar-refractivity contribution < 1.29 is 14.3 Å². The molecule has 2 aliphatic heterocycles. The van der Waals surface area contributed by atoms with Crippen molar-refractivity contribution in [2.45, 2.75) is 6.92 Å². The number of ether oxygens (including phenoxy) is 2. The highest BCUT2D eigenvalue weighted by molar-refractivity contribution is 5.93. The number of anilines is 2. The predicted octanol–water partition coefficient (Wildman–Crippen LogP) is 1.69. The summed E-state index contributed by atoms with van der Waals surface area (Å²) in [4.78, 5) is 25.6. The number of nitrogens with one attached hydrogen (secondary N) is 1. The molecule has 8 nitrogen and oxygen atoms in total. The molecule has 0 atom stereocenters. The number of hydrogen-bond acceptors (Lipinski definition) is 7. The second-order valence-corrected chi connectivity index (χ2v) is 6.76. The first kappa shape index (κ1) is 17.5. The fraction of sp³-hybridized carbons (Fsp3) is 0.421. The van der Waals surface area contributed by atoms with Crippen LogP contribution < -0.4 is 14.8 Å². The van der Waals surface area contributed by atoms with Crippen molar-refractivity contribution >= 4 is 17.4 Å². The number of nitrogens with zero attached hydrogens (tertiary/aromatic N) is 4. The summed E-state index contributed by atoms with van der Waals surface area (Å²) in [7, 11) is 2.06. The van der Waals surface area contributed by atoms with Gasteiger partial charge < -0.3 is 24.6 Å². The first-order valence-electron chi connectivity index (χ1n) is 9.09. The van der Waals surface area contributed by atoms with Crippen LogP contribution in [0.3, 0.4) is 0 Å². The lowest BCUT2D eigenvalue weighted by molar-refractivity contribution is 0.0658. The van der Waals surface area contributed by atoms with Gasteiger partial charge in [-0.05, 0) is 26.1 Å². The average Bonchev–Trinajstić information content (AvgIpc) is 2.67. The summed E-state index contributed by atoms with van der Waals surface area (Å²) in [6, 6.07) is 7.33. The molecule has 1 amide bonds. The summed E-state index contributed by atoms with van der Waals surface area (Å²) in [5.74, 6) is 2.51. The highest BCUT2D eigenvalue weighted by Crippen LogP contribution is 2.33. The Morgan fingerprint density at radius 2 is 1.78 bits per heavy atom. The number of piperazine rings is 1. The number of amides is 1. The van der Waals surface area contributed by atoms with E-state index in [1.165, 1.54) is 0 Å². The zero-order chi connectivity index (χ0) is 18.8. The van der Waals surface area contributed by atoms with Gasteiger partial charge in [0.25, 0.3) is 5.91 Å². The maximum Gasteiger partial charge on any atom is 0.272 e. The molecule has 0 unspecified atom stereocenters. The van der Waals surface area contributed by atoms with Gasteiger partial charge in [0, 0.05) is 44.0 Å². The van der Waals surface area contributed by atoms with Gasteiger partial charge in [-0.15, -0.1) is 0 Å². The lowest BCUT2D eigenvalue weighted by atomic mass is 10.2. The van der Waals surface area contributed by atoms with Gasteiger partial charge in [-0.1, -0.05) is 0 Å². The summed E-state index contributed by atoms with van der Waals surface area (Å²) in [6.45, 7) is 6.05. The minimum Gasteiger partial charge on any atom is -0.486 e. The summed E-state index contributed by atoms with van der Waals surface area (Å²) in [5.41, 5.74) is 1.22. The normalized spacial score (nSPS) is 16.9. The molecule has 2 aromatic rings. The van der Waals surface area contributed by atoms with Crippen LogP contribution in [-0.2, 0) is 0 Å². The molecular weight excluding hydrogens is 346 g/mol. The molecule has 0 radical (unpaired) electrons. The van der Waals surface area contributed by atoms with Crippen LogP contribution in [0.15, 0.2) is 24.3 Å². The van der Waals surface area contributed by atoms with E-state index in [2.05, 4.69) is 27.2 Å². The van der Waals surface area contributed by atoms with E-state index in [1.54, 1.807) is 13.0 Å². The number of carbonyl (C=O) groups is 1. The fourth-order valence-electron chi connectivity index (χ4n) is 3.18. The molecule has 0 aliphatic carbocycles. The van der Waals surface area contributed by atoms with Crippen molar-refractivity contribution in [3.63, 3.8) is 0 Å². The number of fused-ring (bicyclic) bond motifs is 1. The van der Waals surface area contributed by atoms with Gasteiger partial charge >= 0.3 is 0 Å². The third kappa shape index (κ3) is 3.95. The summed E-state index contributed by atoms with van der Waals surface area (Å²) in [5, 5.41) is 3.23. The van der Waals surface area contributed by atoms with E-state index < -0.39 is 0 Å². The number of hydrogen-bond donors (Lipinski definition) is 1. The van der Waals surface area contributed by atoms with Crippen LogP contribution in [0.1, 0.15) is 16.3 Å². The van der Waals surface area contributed by atoms with Crippen LogP contribution in [0, 0.1) is 6.92 Å². The van der Waals surface area contributed by atoms with Crippen LogP contribution in [0.2, 0.25) is 0 Å². The Morgan fingerprint density at radius 1 is 1.04 bits per heavy atom. The molecule has 1 fully saturated rings. The zero-order valence-corrected chi connectivity index (χ0v) is 15.6. The van der Waals surface area contributed by atoms with E-state index in [0.717, 1.165) is 24.5 Å². The Balaban J connectivity index is 1.53. The van der Waals surface area contributed by atoms with E-state index in [4.69, 9.17) is 9.47 Å². The van der Waals surface area contributed by atoms with Gasteiger partial charge in [0.05, 0.1) is 0 Å². The molecular formula is C19H23N5O3. The minimum absolute atomic E-state index is 0.0566. The Hall–Kier alpha value is -2.87.